The predicted molar refractivity (Wildman–Crippen MR) is 89.6 cm³/mol. The normalized spacial score (nSPS) is 12.3. The first kappa shape index (κ1) is 15.1. The number of benzene rings is 1. The maximum absolute atomic E-state index is 3.36. The lowest BCUT2D eigenvalue weighted by atomic mass is 10.0. The average molecular weight is 288 g/mol. The van der Waals surface area contributed by atoms with E-state index < -0.39 is 0 Å². The summed E-state index contributed by atoms with van der Waals surface area (Å²) in [5.74, 6) is 0. The molecule has 2 nitrogen and oxygen atoms in total. The van der Waals surface area contributed by atoms with Crippen molar-refractivity contribution in [3.63, 3.8) is 0 Å². The van der Waals surface area contributed by atoms with Gasteiger partial charge in [0, 0.05) is 23.2 Å². The van der Waals surface area contributed by atoms with Crippen molar-refractivity contribution in [2.24, 2.45) is 0 Å². The van der Waals surface area contributed by atoms with Crippen LogP contribution in [-0.2, 0) is 6.54 Å². The molecule has 1 N–H and O–H groups in total. The predicted octanol–water partition coefficient (Wildman–Crippen LogP) is 4.45. The summed E-state index contributed by atoms with van der Waals surface area (Å²) in [6.07, 6.45) is 1.11. The molecule has 1 aromatic carbocycles. The Hall–Kier alpha value is -1.32. The van der Waals surface area contributed by atoms with Gasteiger partial charge in [0.05, 0.1) is 6.54 Å². The molecule has 0 aliphatic carbocycles. The van der Waals surface area contributed by atoms with Gasteiger partial charge >= 0.3 is 0 Å². The highest BCUT2D eigenvalue weighted by atomic mass is 32.1. The minimum Gasteiger partial charge on any atom is -0.367 e. The fourth-order valence-electron chi connectivity index (χ4n) is 2.50. The molecule has 108 valence electrons. The second-order valence-corrected chi connectivity index (χ2v) is 5.97. The third-order valence-corrected chi connectivity index (χ3v) is 4.59. The Morgan fingerprint density at radius 1 is 1.15 bits per heavy atom. The highest BCUT2D eigenvalue weighted by Crippen LogP contribution is 2.23. The van der Waals surface area contributed by atoms with Crippen LogP contribution in [0.4, 0.5) is 5.69 Å². The van der Waals surface area contributed by atoms with Gasteiger partial charge in [-0.15, -0.1) is 11.3 Å². The van der Waals surface area contributed by atoms with Crippen molar-refractivity contribution in [1.29, 1.82) is 0 Å². The van der Waals surface area contributed by atoms with Gasteiger partial charge < -0.3 is 10.2 Å². The van der Waals surface area contributed by atoms with E-state index in [-0.39, 0.29) is 0 Å². The number of hydrogen-bond acceptors (Lipinski definition) is 3. The molecule has 0 amide bonds. The molecule has 3 heteroatoms. The number of hydrogen-bond donors (Lipinski definition) is 1. The highest BCUT2D eigenvalue weighted by Gasteiger charge is 2.09. The highest BCUT2D eigenvalue weighted by molar-refractivity contribution is 7.09. The van der Waals surface area contributed by atoms with Gasteiger partial charge in [0.25, 0.3) is 0 Å². The van der Waals surface area contributed by atoms with Gasteiger partial charge in [0.2, 0.25) is 0 Å². The van der Waals surface area contributed by atoms with Crippen molar-refractivity contribution < 1.29 is 0 Å². The summed E-state index contributed by atoms with van der Waals surface area (Å²) >= 11 is 1.82. The lowest BCUT2D eigenvalue weighted by Gasteiger charge is -2.23. The Bertz CT molecular complexity index is 486. The standard InChI is InChI=1S/C17H24N2S/c1-4-17(18-3)14-8-10-15(11-9-14)19(5-2)13-16-7-6-12-20-16/h6-12,17-18H,4-5,13H2,1-3H3. The molecule has 0 saturated heterocycles. The van der Waals surface area contributed by atoms with Crippen LogP contribution in [-0.4, -0.2) is 13.6 Å². The first-order valence-corrected chi connectivity index (χ1v) is 8.21. The molecule has 0 spiro atoms. The Kier molecular flexibility index (Phi) is 5.62. The van der Waals surface area contributed by atoms with E-state index >= 15 is 0 Å². The van der Waals surface area contributed by atoms with Crippen LogP contribution in [0.1, 0.15) is 36.8 Å². The van der Waals surface area contributed by atoms with Crippen molar-refractivity contribution in [2.75, 3.05) is 18.5 Å². The Morgan fingerprint density at radius 2 is 1.90 bits per heavy atom. The molecule has 0 aliphatic rings. The van der Waals surface area contributed by atoms with Crippen molar-refractivity contribution in [1.82, 2.24) is 5.32 Å². The molecule has 0 saturated carbocycles. The van der Waals surface area contributed by atoms with E-state index in [9.17, 15) is 0 Å². The van der Waals surface area contributed by atoms with Crippen LogP contribution in [0.15, 0.2) is 41.8 Å². The molecule has 1 aromatic heterocycles. The molecule has 20 heavy (non-hydrogen) atoms. The molecule has 0 radical (unpaired) electrons. The maximum Gasteiger partial charge on any atom is 0.0522 e. The van der Waals surface area contributed by atoms with Crippen molar-refractivity contribution in [3.05, 3.63) is 52.2 Å². The fraction of sp³-hybridized carbons (Fsp3) is 0.412. The van der Waals surface area contributed by atoms with E-state index in [0.29, 0.717) is 6.04 Å². The Morgan fingerprint density at radius 3 is 2.40 bits per heavy atom. The zero-order valence-corrected chi connectivity index (χ0v) is 13.4. The van der Waals surface area contributed by atoms with Crippen LogP contribution >= 0.6 is 11.3 Å². The summed E-state index contributed by atoms with van der Waals surface area (Å²) in [7, 11) is 2.03. The topological polar surface area (TPSA) is 15.3 Å². The summed E-state index contributed by atoms with van der Waals surface area (Å²) in [5, 5.41) is 5.50. The van der Waals surface area contributed by atoms with Crippen molar-refractivity contribution in [3.8, 4) is 0 Å². The third-order valence-electron chi connectivity index (χ3n) is 3.73. The third kappa shape index (κ3) is 3.62. The second kappa shape index (κ2) is 7.46. The summed E-state index contributed by atoms with van der Waals surface area (Å²) in [5.41, 5.74) is 2.67. The van der Waals surface area contributed by atoms with Crippen LogP contribution in [0.3, 0.4) is 0 Å². The zero-order chi connectivity index (χ0) is 14.4. The molecular formula is C17H24N2S. The second-order valence-electron chi connectivity index (χ2n) is 4.93. The van der Waals surface area contributed by atoms with Crippen molar-refractivity contribution in [2.45, 2.75) is 32.9 Å². The molecule has 0 fully saturated rings. The Labute approximate surface area is 126 Å². The number of nitrogens with zero attached hydrogens (tertiary/aromatic N) is 1. The van der Waals surface area contributed by atoms with E-state index in [4.69, 9.17) is 0 Å². The van der Waals surface area contributed by atoms with E-state index in [1.807, 2.05) is 18.4 Å². The smallest absolute Gasteiger partial charge is 0.0522 e. The summed E-state index contributed by atoms with van der Waals surface area (Å²) < 4.78 is 0. The van der Waals surface area contributed by atoms with E-state index in [1.165, 1.54) is 16.1 Å². The molecule has 0 bridgehead atoms. The Balaban J connectivity index is 2.10. The van der Waals surface area contributed by atoms with Crippen LogP contribution in [0.25, 0.3) is 0 Å². The SMILES string of the molecule is CCC(NC)c1ccc(N(CC)Cc2cccs2)cc1. The first-order chi connectivity index (χ1) is 9.78. The number of thiophene rings is 1. The number of nitrogens with one attached hydrogen (secondary N) is 1. The molecule has 1 unspecified atom stereocenters. The lowest BCUT2D eigenvalue weighted by molar-refractivity contribution is 0.577. The minimum atomic E-state index is 0.455. The van der Waals surface area contributed by atoms with E-state index in [2.05, 4.69) is 65.8 Å². The lowest BCUT2D eigenvalue weighted by Crippen LogP contribution is -2.21. The fourth-order valence-corrected chi connectivity index (χ4v) is 3.22. The molecule has 0 aliphatic heterocycles. The van der Waals surface area contributed by atoms with Crippen LogP contribution in [0.5, 0.6) is 0 Å². The average Bonchev–Trinajstić information content (AvgIpc) is 3.00. The van der Waals surface area contributed by atoms with Gasteiger partial charge in [0.1, 0.15) is 0 Å². The monoisotopic (exact) mass is 288 g/mol. The summed E-state index contributed by atoms with van der Waals surface area (Å²) in [4.78, 5) is 3.83. The van der Waals surface area contributed by atoms with Gasteiger partial charge in [-0.25, -0.2) is 0 Å². The van der Waals surface area contributed by atoms with Gasteiger partial charge in [0.15, 0.2) is 0 Å². The van der Waals surface area contributed by atoms with Crippen LogP contribution in [0, 0.1) is 0 Å². The minimum absolute atomic E-state index is 0.455. The molecule has 1 atom stereocenters. The van der Waals surface area contributed by atoms with Gasteiger partial charge in [-0.05, 0) is 49.5 Å². The zero-order valence-electron chi connectivity index (χ0n) is 12.6. The largest absolute Gasteiger partial charge is 0.367 e. The van der Waals surface area contributed by atoms with Crippen LogP contribution < -0.4 is 10.2 Å². The summed E-state index contributed by atoms with van der Waals surface area (Å²) in [6, 6.07) is 13.8. The number of anilines is 1. The van der Waals surface area contributed by atoms with Crippen LogP contribution in [0.2, 0.25) is 0 Å². The maximum atomic E-state index is 3.36. The molecule has 2 aromatic rings. The molecule has 2 rings (SSSR count). The van der Waals surface area contributed by atoms with E-state index in [0.717, 1.165) is 19.5 Å². The first-order valence-electron chi connectivity index (χ1n) is 7.33. The number of rotatable bonds is 7. The van der Waals surface area contributed by atoms with Gasteiger partial charge in [-0.3, -0.25) is 0 Å². The van der Waals surface area contributed by atoms with Gasteiger partial charge in [-0.2, -0.15) is 0 Å². The summed E-state index contributed by atoms with van der Waals surface area (Å²) in [6.45, 7) is 6.45. The van der Waals surface area contributed by atoms with E-state index in [1.54, 1.807) is 0 Å². The molecule has 1 heterocycles. The molecular weight excluding hydrogens is 264 g/mol. The van der Waals surface area contributed by atoms with Gasteiger partial charge in [-0.1, -0.05) is 25.1 Å². The van der Waals surface area contributed by atoms with Crippen molar-refractivity contribution >= 4 is 17.0 Å². The quantitative estimate of drug-likeness (QED) is 0.810.